The van der Waals surface area contributed by atoms with Gasteiger partial charge in [0.1, 0.15) is 0 Å². The summed E-state index contributed by atoms with van der Waals surface area (Å²) >= 11 is 6.43. The summed E-state index contributed by atoms with van der Waals surface area (Å²) in [6.07, 6.45) is 2.31. The third-order valence-electron chi connectivity index (χ3n) is 5.96. The zero-order valence-corrected chi connectivity index (χ0v) is 17.6. The van der Waals surface area contributed by atoms with Gasteiger partial charge in [0, 0.05) is 46.8 Å². The number of benzene rings is 2. The van der Waals surface area contributed by atoms with Crippen LogP contribution in [0.2, 0.25) is 5.02 Å². The number of nitrogens with zero attached hydrogens (tertiary/aromatic N) is 3. The molecule has 1 aliphatic heterocycles. The lowest BCUT2D eigenvalue weighted by molar-refractivity contribution is 0.290. The smallest absolute Gasteiger partial charge is 0.0654 e. The van der Waals surface area contributed by atoms with Crippen LogP contribution in [0.1, 0.15) is 38.4 Å². The lowest BCUT2D eigenvalue weighted by Gasteiger charge is -2.22. The van der Waals surface area contributed by atoms with E-state index >= 15 is 0 Å². The van der Waals surface area contributed by atoms with Gasteiger partial charge in [0.05, 0.1) is 6.04 Å². The van der Waals surface area contributed by atoms with E-state index in [4.69, 9.17) is 16.9 Å². The van der Waals surface area contributed by atoms with E-state index in [1.54, 1.807) is 0 Å². The molecule has 0 amide bonds. The summed E-state index contributed by atoms with van der Waals surface area (Å²) in [5.74, 6) is 0. The number of likely N-dealkylation sites (N-methyl/N-ethyl adjacent to an activating group) is 1. The zero-order valence-electron chi connectivity index (χ0n) is 16.9. The summed E-state index contributed by atoms with van der Waals surface area (Å²) in [7, 11) is 0. The van der Waals surface area contributed by atoms with Gasteiger partial charge in [-0.3, -0.25) is 0 Å². The van der Waals surface area contributed by atoms with Crippen LogP contribution in [0.5, 0.6) is 0 Å². The van der Waals surface area contributed by atoms with Gasteiger partial charge in [-0.25, -0.2) is 5.32 Å². The Morgan fingerprint density at radius 2 is 1.89 bits per heavy atom. The van der Waals surface area contributed by atoms with E-state index in [1.165, 1.54) is 34.1 Å². The van der Waals surface area contributed by atoms with Gasteiger partial charge in [0.15, 0.2) is 0 Å². The van der Waals surface area contributed by atoms with E-state index in [2.05, 4.69) is 65.8 Å². The second kappa shape index (κ2) is 8.69. The first-order chi connectivity index (χ1) is 13.7. The molecule has 2 aromatic carbocycles. The molecule has 1 unspecified atom stereocenters. The molecule has 3 nitrogen and oxygen atoms in total. The van der Waals surface area contributed by atoms with Crippen molar-refractivity contribution in [3.05, 3.63) is 59.2 Å². The molecular formula is C24H29ClN3. The molecule has 1 aromatic heterocycles. The molecule has 0 spiro atoms. The maximum Gasteiger partial charge on any atom is 0.0654 e. The predicted octanol–water partition coefficient (Wildman–Crippen LogP) is 5.74. The van der Waals surface area contributed by atoms with Crippen molar-refractivity contribution in [2.45, 2.75) is 39.3 Å². The monoisotopic (exact) mass is 394 g/mol. The Bertz CT molecular complexity index is 922. The average Bonchev–Trinajstić information content (AvgIpc) is 3.35. The third kappa shape index (κ3) is 3.71. The van der Waals surface area contributed by atoms with Crippen LogP contribution in [0.3, 0.4) is 0 Å². The Morgan fingerprint density at radius 3 is 2.57 bits per heavy atom. The minimum Gasteiger partial charge on any atom is -0.341 e. The van der Waals surface area contributed by atoms with Crippen LogP contribution in [0, 0.1) is 0 Å². The van der Waals surface area contributed by atoms with Gasteiger partial charge in [0.2, 0.25) is 0 Å². The molecule has 1 aliphatic rings. The first-order valence-corrected chi connectivity index (χ1v) is 10.9. The normalized spacial score (nSPS) is 17.1. The fraction of sp³-hybridized carbons (Fsp3) is 0.417. The highest BCUT2D eigenvalue weighted by molar-refractivity contribution is 6.31. The van der Waals surface area contributed by atoms with Crippen LogP contribution < -0.4 is 5.32 Å². The largest absolute Gasteiger partial charge is 0.341 e. The Hall–Kier alpha value is -1.81. The van der Waals surface area contributed by atoms with Gasteiger partial charge in [-0.05, 0) is 49.7 Å². The van der Waals surface area contributed by atoms with Gasteiger partial charge in [0.25, 0.3) is 0 Å². The highest BCUT2D eigenvalue weighted by atomic mass is 35.5. The van der Waals surface area contributed by atoms with Crippen molar-refractivity contribution >= 4 is 22.5 Å². The maximum atomic E-state index is 6.43. The Morgan fingerprint density at radius 1 is 1.11 bits per heavy atom. The van der Waals surface area contributed by atoms with E-state index in [1.807, 2.05) is 6.07 Å². The second-order valence-corrected chi connectivity index (χ2v) is 7.97. The van der Waals surface area contributed by atoms with Crippen LogP contribution in [0.25, 0.3) is 22.0 Å². The van der Waals surface area contributed by atoms with Crippen LogP contribution in [-0.4, -0.2) is 35.6 Å². The number of aromatic nitrogens is 1. The molecule has 4 heteroatoms. The second-order valence-electron chi connectivity index (χ2n) is 7.53. The van der Waals surface area contributed by atoms with E-state index in [0.29, 0.717) is 0 Å². The van der Waals surface area contributed by atoms with Crippen LogP contribution in [0.4, 0.5) is 0 Å². The van der Waals surface area contributed by atoms with Crippen molar-refractivity contribution in [1.82, 2.24) is 14.8 Å². The molecule has 0 saturated carbocycles. The fourth-order valence-electron chi connectivity index (χ4n) is 4.47. The number of fused-ring (bicyclic) bond motifs is 1. The lowest BCUT2D eigenvalue weighted by atomic mass is 9.98. The summed E-state index contributed by atoms with van der Waals surface area (Å²) in [5, 5.41) is 7.01. The SMILES string of the molecule is CCN(CC)CCn1c(C2CCC[N]2)c(-c2ccccc2)c2cc(Cl)ccc21. The predicted molar refractivity (Wildman–Crippen MR) is 119 cm³/mol. The van der Waals surface area contributed by atoms with Crippen molar-refractivity contribution in [2.24, 2.45) is 0 Å². The highest BCUT2D eigenvalue weighted by Crippen LogP contribution is 2.41. The first-order valence-electron chi connectivity index (χ1n) is 10.5. The molecule has 1 fully saturated rings. The number of hydrogen-bond donors (Lipinski definition) is 0. The van der Waals surface area contributed by atoms with E-state index in [0.717, 1.165) is 44.2 Å². The molecule has 0 bridgehead atoms. The lowest BCUT2D eigenvalue weighted by Crippen LogP contribution is -2.28. The Labute approximate surface area is 173 Å². The number of rotatable bonds is 7. The van der Waals surface area contributed by atoms with E-state index in [-0.39, 0.29) is 6.04 Å². The molecule has 0 aliphatic carbocycles. The molecule has 3 aromatic rings. The van der Waals surface area contributed by atoms with Gasteiger partial charge in [-0.1, -0.05) is 55.8 Å². The van der Waals surface area contributed by atoms with Crippen molar-refractivity contribution < 1.29 is 0 Å². The summed E-state index contributed by atoms with van der Waals surface area (Å²) in [5.41, 5.74) is 5.21. The molecule has 0 N–H and O–H groups in total. The van der Waals surface area contributed by atoms with Crippen molar-refractivity contribution in [3.63, 3.8) is 0 Å². The summed E-state index contributed by atoms with van der Waals surface area (Å²) in [6.45, 7) is 9.63. The van der Waals surface area contributed by atoms with Crippen molar-refractivity contribution in [2.75, 3.05) is 26.2 Å². The molecule has 4 rings (SSSR count). The topological polar surface area (TPSA) is 22.3 Å². The zero-order chi connectivity index (χ0) is 19.5. The summed E-state index contributed by atoms with van der Waals surface area (Å²) in [6, 6.07) is 17.3. The highest BCUT2D eigenvalue weighted by Gasteiger charge is 2.28. The first kappa shape index (κ1) is 19.5. The number of hydrogen-bond acceptors (Lipinski definition) is 1. The molecule has 28 heavy (non-hydrogen) atoms. The molecule has 1 atom stereocenters. The summed E-state index contributed by atoms with van der Waals surface area (Å²) < 4.78 is 2.52. The van der Waals surface area contributed by atoms with Crippen molar-refractivity contribution in [1.29, 1.82) is 0 Å². The minimum atomic E-state index is 0.276. The number of halogens is 1. The molecule has 1 saturated heterocycles. The molecule has 2 heterocycles. The van der Waals surface area contributed by atoms with E-state index in [9.17, 15) is 0 Å². The van der Waals surface area contributed by atoms with Crippen LogP contribution in [0.15, 0.2) is 48.5 Å². The summed E-state index contributed by atoms with van der Waals surface area (Å²) in [4.78, 5) is 2.49. The fourth-order valence-corrected chi connectivity index (χ4v) is 4.64. The van der Waals surface area contributed by atoms with Gasteiger partial charge >= 0.3 is 0 Å². The molecule has 147 valence electrons. The average molecular weight is 395 g/mol. The van der Waals surface area contributed by atoms with E-state index < -0.39 is 0 Å². The van der Waals surface area contributed by atoms with Crippen LogP contribution >= 0.6 is 11.6 Å². The molecular weight excluding hydrogens is 366 g/mol. The molecule has 1 radical (unpaired) electrons. The maximum absolute atomic E-state index is 6.43. The third-order valence-corrected chi connectivity index (χ3v) is 6.20. The quantitative estimate of drug-likeness (QED) is 0.500. The van der Waals surface area contributed by atoms with Crippen molar-refractivity contribution in [3.8, 4) is 11.1 Å². The Balaban J connectivity index is 1.91. The van der Waals surface area contributed by atoms with Gasteiger partial charge in [-0.2, -0.15) is 0 Å². The van der Waals surface area contributed by atoms with Gasteiger partial charge < -0.3 is 9.47 Å². The standard InChI is InChI=1S/C24H29ClN3/c1-3-27(4-2)15-16-28-22-13-12-19(25)17-20(22)23(18-9-6-5-7-10-18)24(28)21-11-8-14-26-21/h5-7,9-10,12-13,17,21H,3-4,8,11,14-16H2,1-2H3. The Kier molecular flexibility index (Phi) is 6.05. The van der Waals surface area contributed by atoms with Crippen LogP contribution in [-0.2, 0) is 6.54 Å². The minimum absolute atomic E-state index is 0.276. The van der Waals surface area contributed by atoms with Gasteiger partial charge in [-0.15, -0.1) is 0 Å².